The number of nitrogen functional groups attached to an aromatic ring is 1. The van der Waals surface area contributed by atoms with Crippen LogP contribution in [0.2, 0.25) is 0 Å². The first-order chi connectivity index (χ1) is 9.27. The predicted octanol–water partition coefficient (Wildman–Crippen LogP) is 2.96. The van der Waals surface area contributed by atoms with Crippen LogP contribution in [-0.2, 0) is 0 Å². The normalized spacial score (nSPS) is 25.1. The number of nitrogens with two attached hydrogens (primary N) is 1. The van der Waals surface area contributed by atoms with Gasteiger partial charge in [-0.25, -0.2) is 9.78 Å². The van der Waals surface area contributed by atoms with Gasteiger partial charge in [0, 0.05) is 0 Å². The van der Waals surface area contributed by atoms with Gasteiger partial charge in [0.2, 0.25) is 5.88 Å². The minimum Gasteiger partial charge on any atom is -0.477 e. The molecule has 110 valence electrons. The highest BCUT2D eigenvalue weighted by Crippen LogP contribution is 2.40. The van der Waals surface area contributed by atoms with Crippen molar-refractivity contribution < 1.29 is 14.6 Å². The molecule has 1 heterocycles. The Balaban J connectivity index is 2.17. The number of carboxylic acids is 1. The zero-order chi connectivity index (χ0) is 14.9. The molecule has 5 heteroatoms. The minimum absolute atomic E-state index is 0.0348. The summed E-state index contributed by atoms with van der Waals surface area (Å²) in [7, 11) is 0. The Hall–Kier alpha value is -1.78. The summed E-state index contributed by atoms with van der Waals surface area (Å²) in [5.74, 6) is -0.264. The molecule has 5 nitrogen and oxygen atoms in total. The first-order valence-corrected chi connectivity index (χ1v) is 6.93. The van der Waals surface area contributed by atoms with Gasteiger partial charge in [-0.05, 0) is 42.7 Å². The lowest BCUT2D eigenvalue weighted by Crippen LogP contribution is -2.34. The first-order valence-electron chi connectivity index (χ1n) is 6.93. The number of aromatic carboxylic acids is 1. The maximum Gasteiger partial charge on any atom is 0.354 e. The van der Waals surface area contributed by atoms with Crippen molar-refractivity contribution in [3.8, 4) is 5.88 Å². The molecule has 3 N–H and O–H groups in total. The summed E-state index contributed by atoms with van der Waals surface area (Å²) >= 11 is 0. The Morgan fingerprint density at radius 3 is 2.75 bits per heavy atom. The van der Waals surface area contributed by atoms with Crippen LogP contribution in [0.25, 0.3) is 0 Å². The van der Waals surface area contributed by atoms with E-state index in [0.29, 0.717) is 11.6 Å². The molecule has 0 saturated heterocycles. The largest absolute Gasteiger partial charge is 0.477 e. The fraction of sp³-hybridized carbons (Fsp3) is 0.600. The molecule has 1 saturated carbocycles. The van der Waals surface area contributed by atoms with Crippen LogP contribution in [0.3, 0.4) is 0 Å². The van der Waals surface area contributed by atoms with Crippen LogP contribution < -0.4 is 10.5 Å². The summed E-state index contributed by atoms with van der Waals surface area (Å²) in [5, 5.41) is 8.97. The van der Waals surface area contributed by atoms with E-state index >= 15 is 0 Å². The molecule has 0 aliphatic heterocycles. The topological polar surface area (TPSA) is 85.4 Å². The summed E-state index contributed by atoms with van der Waals surface area (Å²) in [4.78, 5) is 14.9. The van der Waals surface area contributed by atoms with Crippen molar-refractivity contribution in [1.82, 2.24) is 4.98 Å². The molecule has 1 fully saturated rings. The summed E-state index contributed by atoms with van der Waals surface area (Å²) in [6, 6.07) is 2.92. The van der Waals surface area contributed by atoms with Gasteiger partial charge in [-0.15, -0.1) is 0 Å². The Morgan fingerprint density at radius 1 is 1.45 bits per heavy atom. The zero-order valence-corrected chi connectivity index (χ0v) is 12.2. The Labute approximate surface area is 119 Å². The van der Waals surface area contributed by atoms with Crippen molar-refractivity contribution in [1.29, 1.82) is 0 Å². The molecule has 0 aromatic carbocycles. The molecule has 2 unspecified atom stereocenters. The lowest BCUT2D eigenvalue weighted by Gasteiger charge is -2.38. The highest BCUT2D eigenvalue weighted by atomic mass is 16.5. The van der Waals surface area contributed by atoms with Crippen LogP contribution in [0.5, 0.6) is 5.88 Å². The third kappa shape index (κ3) is 3.40. The van der Waals surface area contributed by atoms with Crippen LogP contribution in [0, 0.1) is 11.3 Å². The smallest absolute Gasteiger partial charge is 0.354 e. The van der Waals surface area contributed by atoms with E-state index in [1.54, 1.807) is 0 Å². The fourth-order valence-corrected chi connectivity index (χ4v) is 3.17. The molecule has 1 aliphatic carbocycles. The van der Waals surface area contributed by atoms with Crippen molar-refractivity contribution >= 4 is 11.7 Å². The second kappa shape index (κ2) is 5.31. The quantitative estimate of drug-likeness (QED) is 0.887. The highest BCUT2D eigenvalue weighted by molar-refractivity contribution is 5.86. The van der Waals surface area contributed by atoms with Crippen molar-refractivity contribution in [3.63, 3.8) is 0 Å². The maximum absolute atomic E-state index is 11.0. The van der Waals surface area contributed by atoms with Crippen LogP contribution in [0.4, 0.5) is 5.69 Å². The average molecular weight is 278 g/mol. The molecule has 0 amide bonds. The molecular formula is C15H22N2O3. The van der Waals surface area contributed by atoms with Crippen LogP contribution in [-0.4, -0.2) is 22.2 Å². The average Bonchev–Trinajstić information content (AvgIpc) is 2.28. The van der Waals surface area contributed by atoms with E-state index in [1.807, 2.05) is 0 Å². The number of pyridine rings is 1. The van der Waals surface area contributed by atoms with Gasteiger partial charge < -0.3 is 15.6 Å². The molecule has 2 atom stereocenters. The zero-order valence-electron chi connectivity index (χ0n) is 12.2. The van der Waals surface area contributed by atoms with E-state index in [0.717, 1.165) is 12.8 Å². The Morgan fingerprint density at radius 2 is 2.15 bits per heavy atom. The lowest BCUT2D eigenvalue weighted by atomic mass is 9.71. The molecular weight excluding hydrogens is 256 g/mol. The fourth-order valence-electron chi connectivity index (χ4n) is 3.17. The highest BCUT2D eigenvalue weighted by Gasteiger charge is 2.33. The van der Waals surface area contributed by atoms with Crippen molar-refractivity contribution in [2.75, 3.05) is 5.73 Å². The van der Waals surface area contributed by atoms with E-state index in [9.17, 15) is 4.79 Å². The number of nitrogens with zero attached hydrogens (tertiary/aromatic N) is 1. The Kier molecular flexibility index (Phi) is 3.88. The standard InChI is InChI=1S/C15H22N2O3/c1-9-6-10(8-15(2,3)7-9)20-13-11(16)4-5-12(17-13)14(18)19/h4-5,9-10H,6-8,16H2,1-3H3,(H,18,19). The van der Waals surface area contributed by atoms with Gasteiger partial charge >= 0.3 is 5.97 Å². The number of rotatable bonds is 3. The summed E-state index contributed by atoms with van der Waals surface area (Å²) in [6.07, 6.45) is 3.08. The third-order valence-corrected chi connectivity index (χ3v) is 3.73. The third-order valence-electron chi connectivity index (χ3n) is 3.73. The number of aromatic nitrogens is 1. The van der Waals surface area contributed by atoms with Gasteiger partial charge in [0.25, 0.3) is 0 Å². The van der Waals surface area contributed by atoms with E-state index < -0.39 is 5.97 Å². The minimum atomic E-state index is -1.08. The number of hydrogen-bond acceptors (Lipinski definition) is 4. The van der Waals surface area contributed by atoms with Gasteiger partial charge in [0.1, 0.15) is 6.10 Å². The van der Waals surface area contributed by atoms with Gasteiger partial charge in [-0.1, -0.05) is 20.8 Å². The number of anilines is 1. The molecule has 0 spiro atoms. The maximum atomic E-state index is 11.0. The van der Waals surface area contributed by atoms with Crippen molar-refractivity contribution in [2.45, 2.75) is 46.1 Å². The molecule has 1 aliphatic rings. The molecule has 0 bridgehead atoms. The number of carbonyl (C=O) groups is 1. The lowest BCUT2D eigenvalue weighted by molar-refractivity contribution is 0.0527. The monoisotopic (exact) mass is 278 g/mol. The van der Waals surface area contributed by atoms with Crippen molar-refractivity contribution in [3.05, 3.63) is 17.8 Å². The summed E-state index contributed by atoms with van der Waals surface area (Å²) < 4.78 is 5.88. The van der Waals surface area contributed by atoms with Gasteiger partial charge in [0.05, 0.1) is 5.69 Å². The number of ether oxygens (including phenoxy) is 1. The predicted molar refractivity (Wildman–Crippen MR) is 76.8 cm³/mol. The first kappa shape index (κ1) is 14.6. The summed E-state index contributed by atoms with van der Waals surface area (Å²) in [6.45, 7) is 6.66. The van der Waals surface area contributed by atoms with E-state index in [1.165, 1.54) is 18.6 Å². The van der Waals surface area contributed by atoms with E-state index in [4.69, 9.17) is 15.6 Å². The van der Waals surface area contributed by atoms with Gasteiger partial charge in [-0.3, -0.25) is 0 Å². The molecule has 0 radical (unpaired) electrons. The second-order valence-corrected chi connectivity index (χ2v) is 6.55. The van der Waals surface area contributed by atoms with Crippen LogP contribution >= 0.6 is 0 Å². The van der Waals surface area contributed by atoms with E-state index in [2.05, 4.69) is 25.8 Å². The number of carboxylic acid groups (broad SMARTS) is 1. The van der Waals surface area contributed by atoms with Gasteiger partial charge in [-0.2, -0.15) is 0 Å². The molecule has 1 aromatic heterocycles. The van der Waals surface area contributed by atoms with Crippen LogP contribution in [0.1, 0.15) is 50.5 Å². The van der Waals surface area contributed by atoms with Crippen molar-refractivity contribution in [2.24, 2.45) is 11.3 Å². The number of hydrogen-bond donors (Lipinski definition) is 2. The second-order valence-electron chi connectivity index (χ2n) is 6.55. The van der Waals surface area contributed by atoms with E-state index in [-0.39, 0.29) is 23.1 Å². The molecule has 2 rings (SSSR count). The summed E-state index contributed by atoms with van der Waals surface area (Å²) in [5.41, 5.74) is 6.39. The SMILES string of the molecule is CC1CC(Oc2nc(C(=O)O)ccc2N)CC(C)(C)C1. The molecule has 1 aromatic rings. The molecule has 20 heavy (non-hydrogen) atoms. The van der Waals surface area contributed by atoms with Crippen LogP contribution in [0.15, 0.2) is 12.1 Å². The van der Waals surface area contributed by atoms with Gasteiger partial charge in [0.15, 0.2) is 5.69 Å². The Bertz CT molecular complexity index is 514.